The molecule has 0 aromatic heterocycles. The summed E-state index contributed by atoms with van der Waals surface area (Å²) in [5, 5.41) is 6.43. The average Bonchev–Trinajstić information content (AvgIpc) is 2.96. The normalized spacial score (nSPS) is 22.6. The van der Waals surface area contributed by atoms with Crippen LogP contribution in [0.2, 0.25) is 0 Å². The van der Waals surface area contributed by atoms with Gasteiger partial charge in [0.05, 0.1) is 12.7 Å². The van der Waals surface area contributed by atoms with Gasteiger partial charge < -0.3 is 20.3 Å². The Bertz CT molecular complexity index is 321. The van der Waals surface area contributed by atoms with E-state index in [1.54, 1.807) is 0 Å². The van der Waals surface area contributed by atoms with Gasteiger partial charge in [-0.2, -0.15) is 0 Å². The van der Waals surface area contributed by atoms with E-state index in [4.69, 9.17) is 4.74 Å². The van der Waals surface area contributed by atoms with Crippen LogP contribution in [0.4, 0.5) is 0 Å². The smallest absolute Gasteiger partial charge is 0.222 e. The predicted molar refractivity (Wildman–Crippen MR) is 84.4 cm³/mol. The Morgan fingerprint density at radius 3 is 2.57 bits per heavy atom. The summed E-state index contributed by atoms with van der Waals surface area (Å²) in [4.78, 5) is 14.3. The lowest BCUT2D eigenvalue weighted by molar-refractivity contribution is -0.123. The van der Waals surface area contributed by atoms with Crippen molar-refractivity contribution in [3.63, 3.8) is 0 Å². The van der Waals surface area contributed by atoms with Gasteiger partial charge in [-0.15, -0.1) is 0 Å². The molecule has 0 radical (unpaired) electrons. The summed E-state index contributed by atoms with van der Waals surface area (Å²) in [6.45, 7) is 3.38. The van der Waals surface area contributed by atoms with Gasteiger partial charge in [-0.25, -0.2) is 0 Å². The van der Waals surface area contributed by atoms with E-state index in [-0.39, 0.29) is 11.4 Å². The maximum atomic E-state index is 12.0. The summed E-state index contributed by atoms with van der Waals surface area (Å²) in [6.07, 6.45) is 7.85. The molecule has 2 fully saturated rings. The second kappa shape index (κ2) is 8.11. The lowest BCUT2D eigenvalue weighted by atomic mass is 9.96. The summed E-state index contributed by atoms with van der Waals surface area (Å²) in [5.41, 5.74) is 0.172. The molecule has 1 saturated heterocycles. The van der Waals surface area contributed by atoms with Crippen molar-refractivity contribution < 1.29 is 9.53 Å². The Hall–Kier alpha value is -0.650. The van der Waals surface area contributed by atoms with Crippen molar-refractivity contribution in [2.24, 2.45) is 0 Å². The third-order valence-corrected chi connectivity index (χ3v) is 5.07. The lowest BCUT2D eigenvalue weighted by Gasteiger charge is -2.36. The number of rotatable bonds is 7. The maximum Gasteiger partial charge on any atom is 0.222 e. The van der Waals surface area contributed by atoms with E-state index in [0.29, 0.717) is 19.1 Å². The molecule has 1 heterocycles. The average molecular weight is 297 g/mol. The van der Waals surface area contributed by atoms with Gasteiger partial charge in [0.15, 0.2) is 0 Å². The molecule has 1 aliphatic heterocycles. The number of carbonyl (C=O) groups excluding carboxylic acids is 1. The van der Waals surface area contributed by atoms with Crippen molar-refractivity contribution in [1.82, 2.24) is 15.5 Å². The van der Waals surface area contributed by atoms with E-state index in [2.05, 4.69) is 29.6 Å². The van der Waals surface area contributed by atoms with Crippen LogP contribution in [0.15, 0.2) is 0 Å². The van der Waals surface area contributed by atoms with Crippen LogP contribution >= 0.6 is 0 Å². The second-order valence-corrected chi connectivity index (χ2v) is 6.67. The largest absolute Gasteiger partial charge is 0.378 e. The minimum absolute atomic E-state index is 0.122. The SMILES string of the molecule is CN(C)C1(CNC(=O)CCOC2CCNCC2)CCCC1. The fourth-order valence-electron chi connectivity index (χ4n) is 3.45. The summed E-state index contributed by atoms with van der Waals surface area (Å²) in [7, 11) is 4.25. The van der Waals surface area contributed by atoms with E-state index in [0.717, 1.165) is 32.5 Å². The van der Waals surface area contributed by atoms with E-state index >= 15 is 0 Å². The van der Waals surface area contributed by atoms with Crippen LogP contribution in [0.1, 0.15) is 44.9 Å². The molecule has 21 heavy (non-hydrogen) atoms. The zero-order valence-electron chi connectivity index (χ0n) is 13.6. The molecule has 2 N–H and O–H groups in total. The molecule has 2 aliphatic rings. The topological polar surface area (TPSA) is 53.6 Å². The number of hydrogen-bond acceptors (Lipinski definition) is 4. The minimum Gasteiger partial charge on any atom is -0.378 e. The Labute approximate surface area is 128 Å². The monoisotopic (exact) mass is 297 g/mol. The van der Waals surface area contributed by atoms with Gasteiger partial charge in [0.2, 0.25) is 5.91 Å². The fourth-order valence-corrected chi connectivity index (χ4v) is 3.45. The molecular formula is C16H31N3O2. The number of hydrogen-bond donors (Lipinski definition) is 2. The molecule has 0 aromatic carbocycles. The number of amides is 1. The number of likely N-dealkylation sites (N-methyl/N-ethyl adjacent to an activating group) is 1. The Kier molecular flexibility index (Phi) is 6.45. The van der Waals surface area contributed by atoms with E-state index < -0.39 is 0 Å². The second-order valence-electron chi connectivity index (χ2n) is 6.67. The highest BCUT2D eigenvalue weighted by atomic mass is 16.5. The van der Waals surface area contributed by atoms with Crippen LogP contribution in [0.3, 0.4) is 0 Å². The van der Waals surface area contributed by atoms with E-state index in [1.807, 2.05) is 0 Å². The number of nitrogens with one attached hydrogen (secondary N) is 2. The summed E-state index contributed by atoms with van der Waals surface area (Å²) >= 11 is 0. The number of piperidine rings is 1. The highest BCUT2D eigenvalue weighted by molar-refractivity contribution is 5.76. The van der Waals surface area contributed by atoms with Crippen LogP contribution < -0.4 is 10.6 Å². The molecule has 2 rings (SSSR count). The third kappa shape index (κ3) is 4.94. The minimum atomic E-state index is 0.122. The van der Waals surface area contributed by atoms with Crippen LogP contribution in [-0.4, -0.2) is 62.8 Å². The van der Waals surface area contributed by atoms with Crippen LogP contribution in [-0.2, 0) is 9.53 Å². The first-order chi connectivity index (χ1) is 10.1. The number of ether oxygens (including phenoxy) is 1. The molecule has 1 aliphatic carbocycles. The molecule has 1 amide bonds. The maximum absolute atomic E-state index is 12.0. The predicted octanol–water partition coefficient (Wildman–Crippen LogP) is 1.14. The quantitative estimate of drug-likeness (QED) is 0.740. The molecule has 5 nitrogen and oxygen atoms in total. The van der Waals surface area contributed by atoms with Crippen molar-refractivity contribution >= 4 is 5.91 Å². The van der Waals surface area contributed by atoms with Gasteiger partial charge in [-0.3, -0.25) is 4.79 Å². The first kappa shape index (κ1) is 16.7. The molecule has 0 unspecified atom stereocenters. The Morgan fingerprint density at radius 2 is 1.95 bits per heavy atom. The summed E-state index contributed by atoms with van der Waals surface area (Å²) in [6, 6.07) is 0. The van der Waals surface area contributed by atoms with Gasteiger partial charge in [-0.1, -0.05) is 12.8 Å². The highest BCUT2D eigenvalue weighted by Crippen LogP contribution is 2.33. The van der Waals surface area contributed by atoms with E-state index in [1.165, 1.54) is 25.7 Å². The first-order valence-electron chi connectivity index (χ1n) is 8.39. The first-order valence-corrected chi connectivity index (χ1v) is 8.39. The summed E-state index contributed by atoms with van der Waals surface area (Å²) < 4.78 is 5.79. The van der Waals surface area contributed by atoms with Gasteiger partial charge in [-0.05, 0) is 52.9 Å². The molecule has 5 heteroatoms. The number of nitrogens with zero attached hydrogens (tertiary/aromatic N) is 1. The zero-order chi connectivity index (χ0) is 15.1. The van der Waals surface area contributed by atoms with Gasteiger partial charge >= 0.3 is 0 Å². The Morgan fingerprint density at radius 1 is 1.29 bits per heavy atom. The van der Waals surface area contributed by atoms with Crippen LogP contribution in [0, 0.1) is 0 Å². The van der Waals surface area contributed by atoms with E-state index in [9.17, 15) is 4.79 Å². The summed E-state index contributed by atoms with van der Waals surface area (Å²) in [5.74, 6) is 0.122. The van der Waals surface area contributed by atoms with Gasteiger partial charge in [0.1, 0.15) is 0 Å². The van der Waals surface area contributed by atoms with Crippen LogP contribution in [0.5, 0.6) is 0 Å². The molecule has 0 atom stereocenters. The molecule has 0 bridgehead atoms. The molecule has 0 spiro atoms. The number of carbonyl (C=O) groups is 1. The Balaban J connectivity index is 1.62. The van der Waals surface area contributed by atoms with Crippen LogP contribution in [0.25, 0.3) is 0 Å². The van der Waals surface area contributed by atoms with Crippen molar-refractivity contribution in [1.29, 1.82) is 0 Å². The standard InChI is InChI=1S/C16H31N3O2/c1-19(2)16(8-3-4-9-16)13-18-15(20)7-12-21-14-5-10-17-11-6-14/h14,17H,3-13H2,1-2H3,(H,18,20). The fraction of sp³-hybridized carbons (Fsp3) is 0.938. The molecule has 0 aromatic rings. The van der Waals surface area contributed by atoms with Crippen molar-refractivity contribution in [3.05, 3.63) is 0 Å². The van der Waals surface area contributed by atoms with Crippen molar-refractivity contribution in [2.75, 3.05) is 40.3 Å². The molecular weight excluding hydrogens is 266 g/mol. The molecule has 1 saturated carbocycles. The highest BCUT2D eigenvalue weighted by Gasteiger charge is 2.35. The van der Waals surface area contributed by atoms with Crippen molar-refractivity contribution in [3.8, 4) is 0 Å². The van der Waals surface area contributed by atoms with Gasteiger partial charge in [0, 0.05) is 18.5 Å². The van der Waals surface area contributed by atoms with Crippen molar-refractivity contribution in [2.45, 2.75) is 56.6 Å². The van der Waals surface area contributed by atoms with Gasteiger partial charge in [0.25, 0.3) is 0 Å². The zero-order valence-corrected chi connectivity index (χ0v) is 13.6. The third-order valence-electron chi connectivity index (χ3n) is 5.07. The lowest BCUT2D eigenvalue weighted by Crippen LogP contribution is -2.50. The molecule has 122 valence electrons.